The maximum Gasteiger partial charge on any atom is 0.210 e. The Balaban J connectivity index is 2.25. The molecule has 0 aliphatic carbocycles. The first-order chi connectivity index (χ1) is 8.55. The van der Waals surface area contributed by atoms with Crippen molar-refractivity contribution in [3.63, 3.8) is 0 Å². The van der Waals surface area contributed by atoms with Crippen molar-refractivity contribution < 1.29 is 4.79 Å². The lowest BCUT2D eigenvalue weighted by Crippen LogP contribution is -2.51. The van der Waals surface area contributed by atoms with Crippen LogP contribution in [-0.4, -0.2) is 23.9 Å². The van der Waals surface area contributed by atoms with Crippen molar-refractivity contribution >= 4 is 6.41 Å². The fourth-order valence-corrected chi connectivity index (χ4v) is 2.73. The van der Waals surface area contributed by atoms with Crippen LogP contribution < -0.4 is 0 Å². The first-order valence-corrected chi connectivity index (χ1v) is 6.49. The number of carbonyl (C=O) groups is 1. The molecule has 1 unspecified atom stereocenters. The van der Waals surface area contributed by atoms with E-state index in [-0.39, 0.29) is 11.5 Å². The van der Waals surface area contributed by atoms with Crippen LogP contribution in [-0.2, 0) is 11.2 Å². The molecule has 2 nitrogen and oxygen atoms in total. The minimum atomic E-state index is -0.0188. The summed E-state index contributed by atoms with van der Waals surface area (Å²) in [7, 11) is 0. The lowest BCUT2D eigenvalue weighted by atomic mass is 9.71. The van der Waals surface area contributed by atoms with Gasteiger partial charge < -0.3 is 4.90 Å². The van der Waals surface area contributed by atoms with E-state index >= 15 is 0 Å². The number of nitrogens with zero attached hydrogens (tertiary/aromatic N) is 1. The van der Waals surface area contributed by atoms with E-state index in [0.717, 1.165) is 25.8 Å². The van der Waals surface area contributed by atoms with E-state index < -0.39 is 0 Å². The largest absolute Gasteiger partial charge is 0.341 e. The normalized spacial score (nSPS) is 22.9. The van der Waals surface area contributed by atoms with Crippen molar-refractivity contribution in [3.05, 3.63) is 48.0 Å². The summed E-state index contributed by atoms with van der Waals surface area (Å²) < 4.78 is 0. The topological polar surface area (TPSA) is 20.3 Å². The average Bonchev–Trinajstić information content (AvgIpc) is 2.37. The van der Waals surface area contributed by atoms with Crippen LogP contribution in [0, 0.1) is 5.41 Å². The van der Waals surface area contributed by atoms with E-state index in [0.29, 0.717) is 0 Å². The third-order valence-corrected chi connectivity index (χ3v) is 4.22. The Labute approximate surface area is 109 Å². The number of carbonyl (C=O) groups excluding carboxylic acids is 1. The number of benzene rings is 1. The van der Waals surface area contributed by atoms with Gasteiger partial charge in [0.1, 0.15) is 0 Å². The Morgan fingerprint density at radius 3 is 2.67 bits per heavy atom. The summed E-state index contributed by atoms with van der Waals surface area (Å²) >= 11 is 0. The van der Waals surface area contributed by atoms with Gasteiger partial charge in [-0.15, -0.1) is 0 Å². The summed E-state index contributed by atoms with van der Waals surface area (Å²) in [4.78, 5) is 13.2. The van der Waals surface area contributed by atoms with Gasteiger partial charge >= 0.3 is 0 Å². The number of piperidine rings is 1. The fraction of sp³-hybridized carbons (Fsp3) is 0.438. The van der Waals surface area contributed by atoms with Crippen LogP contribution in [0.1, 0.15) is 25.8 Å². The second kappa shape index (κ2) is 4.97. The molecule has 1 atom stereocenters. The molecule has 1 amide bonds. The molecular formula is C16H21NO. The SMILES string of the molecule is C=C1CCN(C=O)C(Cc2ccccc2)C1(C)C. The van der Waals surface area contributed by atoms with Gasteiger partial charge in [0.25, 0.3) is 0 Å². The predicted octanol–water partition coefficient (Wildman–Crippen LogP) is 3.04. The second-order valence-electron chi connectivity index (χ2n) is 5.62. The summed E-state index contributed by atoms with van der Waals surface area (Å²) in [5, 5.41) is 0. The molecule has 1 aromatic carbocycles. The quantitative estimate of drug-likeness (QED) is 0.590. The van der Waals surface area contributed by atoms with Gasteiger partial charge in [0.05, 0.1) is 0 Å². The maximum absolute atomic E-state index is 11.3. The average molecular weight is 243 g/mol. The molecule has 96 valence electrons. The molecule has 2 rings (SSSR count). The highest BCUT2D eigenvalue weighted by Crippen LogP contribution is 2.39. The lowest BCUT2D eigenvalue weighted by molar-refractivity contribution is -0.123. The molecule has 0 saturated carbocycles. The van der Waals surface area contributed by atoms with Crippen molar-refractivity contribution in [3.8, 4) is 0 Å². The van der Waals surface area contributed by atoms with Gasteiger partial charge in [-0.2, -0.15) is 0 Å². The van der Waals surface area contributed by atoms with Crippen LogP contribution in [0.25, 0.3) is 0 Å². The molecule has 1 aliphatic rings. The van der Waals surface area contributed by atoms with Crippen LogP contribution >= 0.6 is 0 Å². The molecule has 0 bridgehead atoms. The molecule has 0 spiro atoms. The molecule has 1 fully saturated rings. The van der Waals surface area contributed by atoms with Gasteiger partial charge in [0, 0.05) is 18.0 Å². The molecule has 0 radical (unpaired) electrons. The highest BCUT2D eigenvalue weighted by Gasteiger charge is 2.39. The summed E-state index contributed by atoms with van der Waals surface area (Å²) in [6.07, 6.45) is 2.80. The minimum absolute atomic E-state index is 0.0188. The van der Waals surface area contributed by atoms with Gasteiger partial charge in [0.15, 0.2) is 0 Å². The first kappa shape index (κ1) is 12.9. The van der Waals surface area contributed by atoms with Crippen molar-refractivity contribution in [2.75, 3.05) is 6.54 Å². The standard InChI is InChI=1S/C16H21NO/c1-13-9-10-17(12-18)15(16(13,2)3)11-14-7-5-4-6-8-14/h4-8,12,15H,1,9-11H2,2-3H3. The number of hydrogen-bond donors (Lipinski definition) is 0. The molecule has 1 heterocycles. The summed E-state index contributed by atoms with van der Waals surface area (Å²) in [5.74, 6) is 0. The molecule has 1 saturated heterocycles. The van der Waals surface area contributed by atoms with E-state index in [1.165, 1.54) is 11.1 Å². The molecular weight excluding hydrogens is 222 g/mol. The van der Waals surface area contributed by atoms with Gasteiger partial charge in [-0.3, -0.25) is 4.79 Å². The van der Waals surface area contributed by atoms with Crippen molar-refractivity contribution in [1.82, 2.24) is 4.90 Å². The smallest absolute Gasteiger partial charge is 0.210 e. The zero-order valence-electron chi connectivity index (χ0n) is 11.2. The van der Waals surface area contributed by atoms with E-state index in [9.17, 15) is 4.79 Å². The van der Waals surface area contributed by atoms with Crippen LogP contribution in [0.5, 0.6) is 0 Å². The van der Waals surface area contributed by atoms with E-state index in [1.807, 2.05) is 23.1 Å². The summed E-state index contributed by atoms with van der Waals surface area (Å²) in [6, 6.07) is 10.6. The minimum Gasteiger partial charge on any atom is -0.341 e. The number of rotatable bonds is 3. The number of likely N-dealkylation sites (tertiary alicyclic amines) is 1. The Morgan fingerprint density at radius 1 is 1.39 bits per heavy atom. The third-order valence-electron chi connectivity index (χ3n) is 4.22. The Bertz CT molecular complexity index is 436. The Kier molecular flexibility index (Phi) is 3.55. The van der Waals surface area contributed by atoms with Crippen LogP contribution in [0.2, 0.25) is 0 Å². The second-order valence-corrected chi connectivity index (χ2v) is 5.62. The fourth-order valence-electron chi connectivity index (χ4n) is 2.73. The molecule has 18 heavy (non-hydrogen) atoms. The van der Waals surface area contributed by atoms with Gasteiger partial charge in [-0.25, -0.2) is 0 Å². The van der Waals surface area contributed by atoms with Crippen molar-refractivity contribution in [2.24, 2.45) is 5.41 Å². The number of hydrogen-bond acceptors (Lipinski definition) is 1. The lowest BCUT2D eigenvalue weighted by Gasteiger charge is -2.46. The molecule has 2 heteroatoms. The highest BCUT2D eigenvalue weighted by atomic mass is 16.1. The van der Waals surface area contributed by atoms with Crippen LogP contribution in [0.4, 0.5) is 0 Å². The van der Waals surface area contributed by atoms with E-state index in [1.54, 1.807) is 0 Å². The molecule has 0 N–H and O–H groups in total. The van der Waals surface area contributed by atoms with Crippen molar-refractivity contribution in [1.29, 1.82) is 0 Å². The van der Waals surface area contributed by atoms with Crippen molar-refractivity contribution in [2.45, 2.75) is 32.7 Å². The maximum atomic E-state index is 11.3. The highest BCUT2D eigenvalue weighted by molar-refractivity contribution is 5.50. The molecule has 1 aromatic rings. The molecule has 0 aromatic heterocycles. The zero-order chi connectivity index (χ0) is 13.2. The Hall–Kier alpha value is -1.57. The van der Waals surface area contributed by atoms with E-state index in [4.69, 9.17) is 0 Å². The number of amides is 1. The van der Waals surface area contributed by atoms with Crippen LogP contribution in [0.15, 0.2) is 42.5 Å². The monoisotopic (exact) mass is 243 g/mol. The first-order valence-electron chi connectivity index (χ1n) is 6.49. The van der Waals surface area contributed by atoms with E-state index in [2.05, 4.69) is 32.6 Å². The van der Waals surface area contributed by atoms with Gasteiger partial charge in [0.2, 0.25) is 6.41 Å². The van der Waals surface area contributed by atoms with Gasteiger partial charge in [-0.05, 0) is 18.4 Å². The molecule has 1 aliphatic heterocycles. The predicted molar refractivity (Wildman–Crippen MR) is 74.2 cm³/mol. The third kappa shape index (κ3) is 2.33. The van der Waals surface area contributed by atoms with Gasteiger partial charge in [-0.1, -0.05) is 56.3 Å². The summed E-state index contributed by atoms with van der Waals surface area (Å²) in [5.41, 5.74) is 2.51. The van der Waals surface area contributed by atoms with Crippen LogP contribution in [0.3, 0.4) is 0 Å². The Morgan fingerprint density at radius 2 is 2.06 bits per heavy atom. The summed E-state index contributed by atoms with van der Waals surface area (Å²) in [6.45, 7) is 9.37. The zero-order valence-corrected chi connectivity index (χ0v) is 11.2.